The van der Waals surface area contributed by atoms with Gasteiger partial charge in [-0.25, -0.2) is 9.97 Å². The Morgan fingerprint density at radius 1 is 0.778 bits per heavy atom. The van der Waals surface area contributed by atoms with Gasteiger partial charge in [0.25, 0.3) is 11.8 Å². The third-order valence-electron chi connectivity index (χ3n) is 11.9. The number of aromatic nitrogens is 5. The summed E-state index contributed by atoms with van der Waals surface area (Å²) < 4.78 is 24.5. The molecule has 21 nitrogen and oxygen atoms in total. The molecule has 1 fully saturated rings. The van der Waals surface area contributed by atoms with Gasteiger partial charge in [0.05, 0.1) is 59.2 Å². The van der Waals surface area contributed by atoms with Gasteiger partial charge < -0.3 is 49.7 Å². The summed E-state index contributed by atoms with van der Waals surface area (Å²) in [6.07, 6.45) is 7.55. The van der Waals surface area contributed by atoms with Gasteiger partial charge in [-0.05, 0) is 73.4 Å². The Morgan fingerprint density at radius 3 is 2.39 bits per heavy atom. The largest absolute Gasteiger partial charge is 0.494 e. The fourth-order valence-corrected chi connectivity index (χ4v) is 8.05. The van der Waals surface area contributed by atoms with Crippen molar-refractivity contribution in [2.45, 2.75) is 77.0 Å². The number of fused-ring (bicyclic) bond motifs is 1. The van der Waals surface area contributed by atoms with Gasteiger partial charge in [-0.2, -0.15) is 0 Å². The Labute approximate surface area is 417 Å². The minimum Gasteiger partial charge on any atom is -0.494 e. The van der Waals surface area contributed by atoms with E-state index in [0.29, 0.717) is 105 Å². The second-order valence-electron chi connectivity index (χ2n) is 17.1. The van der Waals surface area contributed by atoms with E-state index in [2.05, 4.69) is 46.7 Å². The van der Waals surface area contributed by atoms with Gasteiger partial charge in [-0.15, -0.1) is 10.2 Å². The van der Waals surface area contributed by atoms with E-state index in [0.717, 1.165) is 42.7 Å². The number of ether oxygens (including phenoxy) is 4. The summed E-state index contributed by atoms with van der Waals surface area (Å²) in [7, 11) is 1.87. The maximum atomic E-state index is 13.1. The first kappa shape index (κ1) is 52.2. The van der Waals surface area contributed by atoms with Gasteiger partial charge in [0, 0.05) is 73.8 Å². The molecular formula is C51H61N11O10. The van der Waals surface area contributed by atoms with E-state index in [1.165, 1.54) is 11.2 Å². The normalized spacial score (nSPS) is 14.2. The summed E-state index contributed by atoms with van der Waals surface area (Å²) in [5, 5.41) is 22.9. The number of amides is 6. The molecule has 6 amide bonds. The van der Waals surface area contributed by atoms with E-state index in [-0.39, 0.29) is 62.0 Å². The summed E-state index contributed by atoms with van der Waals surface area (Å²) in [6, 6.07) is 21.0. The maximum absolute atomic E-state index is 13.1. The third-order valence-corrected chi connectivity index (χ3v) is 11.9. The molecule has 0 saturated carbocycles. The lowest BCUT2D eigenvalue weighted by Crippen LogP contribution is -2.52. The van der Waals surface area contributed by atoms with Crippen LogP contribution in [0.1, 0.15) is 89.0 Å². The molecule has 2 aliphatic heterocycles. The molecule has 0 bridgehead atoms. The first-order valence-corrected chi connectivity index (χ1v) is 24.2. The van der Waals surface area contributed by atoms with E-state index >= 15 is 0 Å². The minimum atomic E-state index is -0.735. The Hall–Kier alpha value is -7.62. The van der Waals surface area contributed by atoms with Crippen LogP contribution in [-0.4, -0.2) is 124 Å². The van der Waals surface area contributed by atoms with Crippen molar-refractivity contribution < 1.29 is 47.7 Å². The molecule has 4 heterocycles. The van der Waals surface area contributed by atoms with Crippen LogP contribution in [0.4, 0.5) is 11.4 Å². The minimum absolute atomic E-state index is 0.0166. The van der Waals surface area contributed by atoms with Crippen molar-refractivity contribution in [1.29, 1.82) is 0 Å². The van der Waals surface area contributed by atoms with Crippen LogP contribution in [0.2, 0.25) is 0 Å². The van der Waals surface area contributed by atoms with Crippen molar-refractivity contribution in [2.24, 2.45) is 7.05 Å². The van der Waals surface area contributed by atoms with E-state index in [4.69, 9.17) is 18.9 Å². The van der Waals surface area contributed by atoms with Crippen molar-refractivity contribution in [2.75, 3.05) is 63.4 Å². The first-order chi connectivity index (χ1) is 35.1. The highest BCUT2D eigenvalue weighted by atomic mass is 16.5. The van der Waals surface area contributed by atoms with E-state index < -0.39 is 11.9 Å². The molecule has 72 heavy (non-hydrogen) atoms. The summed E-state index contributed by atoms with van der Waals surface area (Å²) in [5.41, 5.74) is 4.45. The zero-order valence-electron chi connectivity index (χ0n) is 40.4. The lowest BCUT2D eigenvalue weighted by Gasteiger charge is -2.29. The lowest BCUT2D eigenvalue weighted by molar-refractivity contribution is -0.137. The average Bonchev–Trinajstić information content (AvgIpc) is 3.93. The van der Waals surface area contributed by atoms with Crippen LogP contribution >= 0.6 is 0 Å². The molecule has 5 N–H and O–H groups in total. The summed E-state index contributed by atoms with van der Waals surface area (Å²) in [5.74, 6) is 0.441. The van der Waals surface area contributed by atoms with Gasteiger partial charge in [0.15, 0.2) is 11.6 Å². The third kappa shape index (κ3) is 15.4. The van der Waals surface area contributed by atoms with Crippen LogP contribution in [0.3, 0.4) is 0 Å². The molecule has 2 aromatic heterocycles. The number of unbranched alkanes of at least 4 members (excludes halogenated alkanes) is 3. The number of hydrogen-bond acceptors (Lipinski definition) is 15. The summed E-state index contributed by atoms with van der Waals surface area (Å²) >= 11 is 0. The average molecular weight is 988 g/mol. The number of anilines is 2. The van der Waals surface area contributed by atoms with Gasteiger partial charge in [-0.3, -0.25) is 34.1 Å². The highest BCUT2D eigenvalue weighted by Crippen LogP contribution is 2.32. The van der Waals surface area contributed by atoms with Crippen molar-refractivity contribution >= 4 is 46.8 Å². The number of piperidine rings is 1. The number of carbonyl (C=O) groups excluding carboxylic acids is 6. The van der Waals surface area contributed by atoms with Crippen LogP contribution in [-0.2, 0) is 60.1 Å². The van der Waals surface area contributed by atoms with E-state index in [1.54, 1.807) is 42.6 Å². The molecule has 0 radical (unpaired) electrons. The second kappa shape index (κ2) is 27.1. The molecule has 1 unspecified atom stereocenters. The molecule has 0 aliphatic carbocycles. The number of nitrogens with zero attached hydrogens (tertiary/aromatic N) is 6. The molecular weight excluding hydrogens is 927 g/mol. The number of imide groups is 1. The van der Waals surface area contributed by atoms with Gasteiger partial charge in [-0.1, -0.05) is 37.1 Å². The highest BCUT2D eigenvalue weighted by Gasteiger charge is 2.40. The number of carbonyl (C=O) groups is 6. The molecule has 7 rings (SSSR count). The fourth-order valence-electron chi connectivity index (χ4n) is 8.05. The predicted octanol–water partition coefficient (Wildman–Crippen LogP) is 4.10. The van der Waals surface area contributed by atoms with Crippen molar-refractivity contribution in [1.82, 2.24) is 45.6 Å². The van der Waals surface area contributed by atoms with Crippen LogP contribution in [0.25, 0.3) is 11.5 Å². The second-order valence-corrected chi connectivity index (χ2v) is 17.1. The quantitative estimate of drug-likeness (QED) is 0.0334. The molecule has 380 valence electrons. The molecule has 3 aromatic carbocycles. The van der Waals surface area contributed by atoms with Crippen LogP contribution in [0.15, 0.2) is 85.3 Å². The van der Waals surface area contributed by atoms with Crippen molar-refractivity contribution in [3.05, 3.63) is 113 Å². The predicted molar refractivity (Wildman–Crippen MR) is 263 cm³/mol. The number of benzene rings is 3. The van der Waals surface area contributed by atoms with Crippen LogP contribution in [0.5, 0.6) is 5.75 Å². The highest BCUT2D eigenvalue weighted by molar-refractivity contribution is 6.06. The summed E-state index contributed by atoms with van der Waals surface area (Å²) in [4.78, 5) is 84.6. The molecule has 2 aliphatic rings. The van der Waals surface area contributed by atoms with Crippen LogP contribution in [0, 0.1) is 0 Å². The molecule has 21 heteroatoms. The number of rotatable bonds is 29. The Morgan fingerprint density at radius 2 is 1.57 bits per heavy atom. The molecule has 1 atom stereocenters. The van der Waals surface area contributed by atoms with E-state index in [1.807, 2.05) is 48.0 Å². The molecule has 5 aromatic rings. The van der Waals surface area contributed by atoms with Crippen molar-refractivity contribution in [3.63, 3.8) is 0 Å². The van der Waals surface area contributed by atoms with E-state index in [9.17, 15) is 28.8 Å². The number of nitrogens with one attached hydrogen (secondary N) is 5. The van der Waals surface area contributed by atoms with Gasteiger partial charge in [0.1, 0.15) is 23.8 Å². The Kier molecular flexibility index (Phi) is 19.7. The standard InChI is InChI=1S/C51H61N11O10/c1-61-44(59-60-48(61)42-18-20-52-34-56-42)32-54-37-11-7-10-36(30-37)49(66)55-31-35-9-6-12-38(29-35)72-22-5-3-2-4-15-45(63)53-21-24-70-26-28-71-27-25-69-23-19-47(65)57-41-14-8-13-39-40(41)33-62(51(39)68)43-16-17-46(64)58-50(43)67/h6-14,18,20,29-30,34,43,54H,2-5,15-17,19,21-28,31-33H2,1H3,(H,53,63)(H,55,66)(H,57,65)(H,58,64,67). The zero-order valence-corrected chi connectivity index (χ0v) is 40.4. The summed E-state index contributed by atoms with van der Waals surface area (Å²) in [6.45, 7) is 3.75. The zero-order chi connectivity index (χ0) is 50.5. The number of hydrogen-bond donors (Lipinski definition) is 5. The molecule has 0 spiro atoms. The fraction of sp³-hybridized carbons (Fsp3) is 0.412. The lowest BCUT2D eigenvalue weighted by atomic mass is 10.0. The van der Waals surface area contributed by atoms with Gasteiger partial charge in [0.2, 0.25) is 23.6 Å². The monoisotopic (exact) mass is 987 g/mol. The first-order valence-electron chi connectivity index (χ1n) is 24.2. The molecule has 1 saturated heterocycles. The van der Waals surface area contributed by atoms with Gasteiger partial charge >= 0.3 is 0 Å². The Balaban J connectivity index is 0.651. The SMILES string of the molecule is Cn1c(CNc2cccc(C(=O)NCc3cccc(OCCCCCCC(=O)NCCOCCOCCOCCC(=O)Nc4cccc5c4CN(C4CCC(=O)NC4=O)C5=O)c3)c2)nnc1-c1ccncn1. The van der Waals surface area contributed by atoms with Crippen molar-refractivity contribution in [3.8, 4) is 17.3 Å². The topological polar surface area (TPSA) is 259 Å². The smallest absolute Gasteiger partial charge is 0.255 e. The Bertz CT molecular complexity index is 2650. The maximum Gasteiger partial charge on any atom is 0.255 e. The van der Waals surface area contributed by atoms with Crippen LogP contribution < -0.4 is 31.3 Å².